The molecule has 1 atom stereocenters. The van der Waals surface area contributed by atoms with Crippen molar-refractivity contribution in [3.63, 3.8) is 0 Å². The Morgan fingerprint density at radius 3 is 2.77 bits per heavy atom. The normalized spacial score (nSPS) is 11.9. The molecular weight excluding hydrogens is 430 g/mol. The van der Waals surface area contributed by atoms with Gasteiger partial charge in [-0.1, -0.05) is 23.9 Å². The minimum Gasteiger partial charge on any atom is -0.467 e. The number of carbonyl (C=O) groups excluding carboxylic acids is 1. The van der Waals surface area contributed by atoms with Crippen molar-refractivity contribution in [1.29, 1.82) is 0 Å². The molecule has 0 radical (unpaired) electrons. The lowest BCUT2D eigenvalue weighted by Crippen LogP contribution is -2.23. The van der Waals surface area contributed by atoms with E-state index in [-0.39, 0.29) is 11.2 Å². The number of pyridine rings is 1. The molecule has 0 fully saturated rings. The lowest BCUT2D eigenvalue weighted by atomic mass is 10.2. The monoisotopic (exact) mass is 451 g/mol. The Morgan fingerprint density at radius 2 is 2.03 bits per heavy atom. The summed E-state index contributed by atoms with van der Waals surface area (Å²) < 4.78 is 7.47. The lowest BCUT2D eigenvalue weighted by molar-refractivity contribution is -0.115. The first-order valence-corrected chi connectivity index (χ1v) is 11.7. The number of nitrogens with one attached hydrogen (secondary N) is 1. The average Bonchev–Trinajstić information content (AvgIpc) is 3.45. The third-order valence-electron chi connectivity index (χ3n) is 4.55. The molecule has 3 heterocycles. The number of amides is 1. The predicted molar refractivity (Wildman–Crippen MR) is 123 cm³/mol. The van der Waals surface area contributed by atoms with Crippen molar-refractivity contribution in [3.05, 3.63) is 72.9 Å². The SMILES string of the molecule is CSc1ccccc1NC(=O)C(C)Sc1nnc(-c2cccnc2)n1Cc1ccco1. The van der Waals surface area contributed by atoms with Crippen molar-refractivity contribution in [1.82, 2.24) is 19.7 Å². The van der Waals surface area contributed by atoms with Gasteiger partial charge in [-0.15, -0.1) is 22.0 Å². The molecule has 0 bridgehead atoms. The number of aromatic nitrogens is 4. The van der Waals surface area contributed by atoms with Crippen molar-refractivity contribution in [2.75, 3.05) is 11.6 Å². The number of rotatable bonds is 8. The summed E-state index contributed by atoms with van der Waals surface area (Å²) in [7, 11) is 0. The first kappa shape index (κ1) is 21.2. The molecule has 0 saturated carbocycles. The predicted octanol–water partition coefficient (Wildman–Crippen LogP) is 4.82. The number of hydrogen-bond acceptors (Lipinski definition) is 7. The van der Waals surface area contributed by atoms with E-state index in [1.807, 2.05) is 66.3 Å². The van der Waals surface area contributed by atoms with Gasteiger partial charge in [0.1, 0.15) is 5.76 Å². The van der Waals surface area contributed by atoms with Crippen molar-refractivity contribution in [2.45, 2.75) is 28.8 Å². The molecule has 0 spiro atoms. The van der Waals surface area contributed by atoms with Gasteiger partial charge in [0.2, 0.25) is 5.91 Å². The van der Waals surface area contributed by atoms with Crippen LogP contribution in [0.3, 0.4) is 0 Å². The number of furan rings is 1. The number of carbonyl (C=O) groups is 1. The van der Waals surface area contributed by atoms with E-state index in [0.29, 0.717) is 17.5 Å². The van der Waals surface area contributed by atoms with Gasteiger partial charge >= 0.3 is 0 Å². The number of nitrogens with zero attached hydrogens (tertiary/aromatic N) is 4. The fraction of sp³-hybridized carbons (Fsp3) is 0.182. The van der Waals surface area contributed by atoms with E-state index in [1.54, 1.807) is 30.4 Å². The van der Waals surface area contributed by atoms with Crippen molar-refractivity contribution < 1.29 is 9.21 Å². The Labute approximate surface area is 188 Å². The molecule has 1 N–H and O–H groups in total. The third-order valence-corrected chi connectivity index (χ3v) is 6.42. The second kappa shape index (κ2) is 9.84. The molecule has 1 unspecified atom stereocenters. The molecule has 4 aromatic rings. The first-order valence-electron chi connectivity index (χ1n) is 9.62. The van der Waals surface area contributed by atoms with Crippen LogP contribution in [-0.2, 0) is 11.3 Å². The summed E-state index contributed by atoms with van der Waals surface area (Å²) in [5.74, 6) is 1.35. The molecule has 4 rings (SSSR count). The van der Waals surface area contributed by atoms with E-state index in [1.165, 1.54) is 11.8 Å². The molecule has 9 heteroatoms. The Morgan fingerprint density at radius 1 is 1.16 bits per heavy atom. The highest BCUT2D eigenvalue weighted by Gasteiger charge is 2.22. The van der Waals surface area contributed by atoms with E-state index >= 15 is 0 Å². The summed E-state index contributed by atoms with van der Waals surface area (Å²) in [6, 6.07) is 15.3. The van der Waals surface area contributed by atoms with Crippen LogP contribution in [0.5, 0.6) is 0 Å². The van der Waals surface area contributed by atoms with Crippen LogP contribution >= 0.6 is 23.5 Å². The zero-order valence-electron chi connectivity index (χ0n) is 17.1. The zero-order chi connectivity index (χ0) is 21.6. The maximum atomic E-state index is 12.9. The van der Waals surface area contributed by atoms with Crippen molar-refractivity contribution >= 4 is 35.1 Å². The maximum absolute atomic E-state index is 12.9. The highest BCUT2D eigenvalue weighted by Crippen LogP contribution is 2.29. The Kier molecular flexibility index (Phi) is 6.73. The molecule has 0 aliphatic carbocycles. The molecule has 3 aromatic heterocycles. The van der Waals surface area contributed by atoms with Crippen LogP contribution in [0, 0.1) is 0 Å². The number of para-hydroxylation sites is 1. The Balaban J connectivity index is 1.57. The van der Waals surface area contributed by atoms with E-state index in [4.69, 9.17) is 4.42 Å². The molecule has 0 aliphatic heterocycles. The summed E-state index contributed by atoms with van der Waals surface area (Å²) in [4.78, 5) is 18.1. The van der Waals surface area contributed by atoms with E-state index < -0.39 is 0 Å². The highest BCUT2D eigenvalue weighted by molar-refractivity contribution is 8.00. The van der Waals surface area contributed by atoms with Crippen LogP contribution in [0.15, 0.2) is 81.7 Å². The molecule has 0 aliphatic rings. The van der Waals surface area contributed by atoms with Gasteiger partial charge in [-0.05, 0) is 49.6 Å². The van der Waals surface area contributed by atoms with Gasteiger partial charge in [0.15, 0.2) is 11.0 Å². The summed E-state index contributed by atoms with van der Waals surface area (Å²) in [5.41, 5.74) is 1.65. The quantitative estimate of drug-likeness (QED) is 0.384. The van der Waals surface area contributed by atoms with E-state index in [2.05, 4.69) is 20.5 Å². The third kappa shape index (κ3) is 5.00. The van der Waals surface area contributed by atoms with Gasteiger partial charge in [0.05, 0.1) is 23.7 Å². The maximum Gasteiger partial charge on any atom is 0.237 e. The molecule has 31 heavy (non-hydrogen) atoms. The largest absolute Gasteiger partial charge is 0.467 e. The van der Waals surface area contributed by atoms with Crippen LogP contribution in [-0.4, -0.2) is 37.2 Å². The van der Waals surface area contributed by atoms with Crippen LogP contribution < -0.4 is 5.32 Å². The Hall–Kier alpha value is -3.04. The average molecular weight is 452 g/mol. The van der Waals surface area contributed by atoms with E-state index in [9.17, 15) is 4.79 Å². The summed E-state index contributed by atoms with van der Waals surface area (Å²) in [6.45, 7) is 2.31. The Bertz CT molecular complexity index is 1150. The summed E-state index contributed by atoms with van der Waals surface area (Å²) in [6.07, 6.45) is 7.08. The fourth-order valence-electron chi connectivity index (χ4n) is 2.98. The number of benzene rings is 1. The molecule has 1 amide bonds. The van der Waals surface area contributed by atoms with Crippen LogP contribution in [0.2, 0.25) is 0 Å². The van der Waals surface area contributed by atoms with Gasteiger partial charge in [0.25, 0.3) is 0 Å². The zero-order valence-corrected chi connectivity index (χ0v) is 18.7. The van der Waals surface area contributed by atoms with Gasteiger partial charge in [-0.25, -0.2) is 0 Å². The second-order valence-electron chi connectivity index (χ2n) is 6.66. The number of hydrogen-bond donors (Lipinski definition) is 1. The second-order valence-corrected chi connectivity index (χ2v) is 8.82. The minimum absolute atomic E-state index is 0.0954. The highest BCUT2D eigenvalue weighted by atomic mass is 32.2. The molecule has 158 valence electrons. The first-order chi connectivity index (χ1) is 15.2. The standard InChI is InChI=1S/C22H21N5O2S2/c1-15(21(28)24-18-9-3-4-10-19(18)30-2)31-22-26-25-20(16-7-5-11-23-13-16)27(22)14-17-8-6-12-29-17/h3-13,15H,14H2,1-2H3,(H,24,28). The summed E-state index contributed by atoms with van der Waals surface area (Å²) in [5, 5.41) is 12.0. The topological polar surface area (TPSA) is 85.8 Å². The van der Waals surface area contributed by atoms with Gasteiger partial charge < -0.3 is 9.73 Å². The van der Waals surface area contributed by atoms with Crippen molar-refractivity contribution in [3.8, 4) is 11.4 Å². The van der Waals surface area contributed by atoms with Gasteiger partial charge in [0, 0.05) is 22.9 Å². The number of thioether (sulfide) groups is 2. The smallest absolute Gasteiger partial charge is 0.237 e. The van der Waals surface area contributed by atoms with Gasteiger partial charge in [-0.3, -0.25) is 14.3 Å². The van der Waals surface area contributed by atoms with Gasteiger partial charge in [-0.2, -0.15) is 0 Å². The fourth-order valence-corrected chi connectivity index (χ4v) is 4.38. The minimum atomic E-state index is -0.379. The van der Waals surface area contributed by atoms with Crippen LogP contribution in [0.1, 0.15) is 12.7 Å². The molecular formula is C22H21N5O2S2. The van der Waals surface area contributed by atoms with E-state index in [0.717, 1.165) is 21.9 Å². The lowest BCUT2D eigenvalue weighted by Gasteiger charge is -2.14. The van der Waals surface area contributed by atoms with Crippen molar-refractivity contribution in [2.24, 2.45) is 0 Å². The number of anilines is 1. The molecule has 0 saturated heterocycles. The molecule has 1 aromatic carbocycles. The van der Waals surface area contributed by atoms with Crippen LogP contribution in [0.25, 0.3) is 11.4 Å². The van der Waals surface area contributed by atoms with Crippen LogP contribution in [0.4, 0.5) is 5.69 Å². The molecule has 7 nitrogen and oxygen atoms in total. The summed E-state index contributed by atoms with van der Waals surface area (Å²) >= 11 is 2.95.